The van der Waals surface area contributed by atoms with Crippen molar-refractivity contribution in [3.8, 4) is 0 Å². The molecule has 2 aromatic carbocycles. The minimum absolute atomic E-state index is 0.0838. The Morgan fingerprint density at radius 3 is 2.56 bits per heavy atom. The van der Waals surface area contributed by atoms with E-state index in [9.17, 15) is 19.7 Å². The molecule has 2 amide bonds. The molecule has 1 heterocycles. The molecule has 0 unspecified atom stereocenters. The molecule has 27 heavy (non-hydrogen) atoms. The van der Waals surface area contributed by atoms with Gasteiger partial charge in [0.2, 0.25) is 5.91 Å². The smallest absolute Gasteiger partial charge is 0.271 e. The third-order valence-electron chi connectivity index (χ3n) is 4.31. The SMILES string of the molecule is C/C(=N/NC(=O)c1ccc([N+](=O)[O-])cc1)c1cccc(N2CCCC2=O)c1. The van der Waals surface area contributed by atoms with Crippen molar-refractivity contribution in [2.24, 2.45) is 5.10 Å². The maximum absolute atomic E-state index is 12.1. The summed E-state index contributed by atoms with van der Waals surface area (Å²) in [4.78, 5) is 35.9. The number of carbonyl (C=O) groups is 2. The van der Waals surface area contributed by atoms with E-state index in [-0.39, 0.29) is 17.2 Å². The zero-order chi connectivity index (χ0) is 19.4. The molecule has 0 spiro atoms. The van der Waals surface area contributed by atoms with Crippen molar-refractivity contribution in [3.05, 3.63) is 69.8 Å². The lowest BCUT2D eigenvalue weighted by Crippen LogP contribution is -2.24. The molecule has 1 saturated heterocycles. The fourth-order valence-electron chi connectivity index (χ4n) is 2.82. The first-order valence-corrected chi connectivity index (χ1v) is 8.45. The highest BCUT2D eigenvalue weighted by Crippen LogP contribution is 2.22. The van der Waals surface area contributed by atoms with Gasteiger partial charge >= 0.3 is 0 Å². The molecular weight excluding hydrogens is 348 g/mol. The summed E-state index contributed by atoms with van der Waals surface area (Å²) in [7, 11) is 0. The van der Waals surface area contributed by atoms with Gasteiger partial charge in [-0.15, -0.1) is 0 Å². The van der Waals surface area contributed by atoms with Gasteiger partial charge < -0.3 is 4.90 Å². The molecule has 138 valence electrons. The van der Waals surface area contributed by atoms with Gasteiger partial charge in [0.1, 0.15) is 0 Å². The van der Waals surface area contributed by atoms with Gasteiger partial charge in [-0.25, -0.2) is 5.43 Å². The average molecular weight is 366 g/mol. The largest absolute Gasteiger partial charge is 0.312 e. The molecule has 2 aromatic rings. The highest BCUT2D eigenvalue weighted by molar-refractivity contribution is 6.02. The van der Waals surface area contributed by atoms with Gasteiger partial charge in [-0.3, -0.25) is 19.7 Å². The summed E-state index contributed by atoms with van der Waals surface area (Å²) in [6.45, 7) is 2.45. The second-order valence-corrected chi connectivity index (χ2v) is 6.14. The van der Waals surface area contributed by atoms with Gasteiger partial charge in [0.05, 0.1) is 10.6 Å². The summed E-state index contributed by atoms with van der Waals surface area (Å²) >= 11 is 0. The van der Waals surface area contributed by atoms with Gasteiger partial charge in [0.15, 0.2) is 0 Å². The number of non-ortho nitro benzene ring substituents is 1. The lowest BCUT2D eigenvalue weighted by Gasteiger charge is -2.16. The number of amides is 2. The summed E-state index contributed by atoms with van der Waals surface area (Å²) in [5.74, 6) is -0.358. The third-order valence-corrected chi connectivity index (χ3v) is 4.31. The molecule has 3 rings (SSSR count). The van der Waals surface area contributed by atoms with Crippen molar-refractivity contribution in [3.63, 3.8) is 0 Å². The number of anilines is 1. The van der Waals surface area contributed by atoms with E-state index >= 15 is 0 Å². The number of hydrogen-bond acceptors (Lipinski definition) is 5. The van der Waals surface area contributed by atoms with E-state index in [0.717, 1.165) is 17.7 Å². The molecule has 8 heteroatoms. The number of nitro benzene ring substituents is 1. The van der Waals surface area contributed by atoms with Gasteiger partial charge in [0.25, 0.3) is 11.6 Å². The topological polar surface area (TPSA) is 105 Å². The van der Waals surface area contributed by atoms with Crippen LogP contribution < -0.4 is 10.3 Å². The van der Waals surface area contributed by atoms with E-state index < -0.39 is 10.8 Å². The summed E-state index contributed by atoms with van der Waals surface area (Å²) in [6.07, 6.45) is 1.41. The predicted molar refractivity (Wildman–Crippen MR) is 101 cm³/mol. The van der Waals surface area contributed by atoms with Crippen LogP contribution in [0, 0.1) is 10.1 Å². The van der Waals surface area contributed by atoms with Crippen LogP contribution >= 0.6 is 0 Å². The summed E-state index contributed by atoms with van der Waals surface area (Å²) in [5.41, 5.74) is 4.81. The van der Waals surface area contributed by atoms with Crippen molar-refractivity contribution in [1.29, 1.82) is 0 Å². The van der Waals surface area contributed by atoms with Crippen LogP contribution in [0.2, 0.25) is 0 Å². The van der Waals surface area contributed by atoms with Crippen LogP contribution in [0.5, 0.6) is 0 Å². The van der Waals surface area contributed by atoms with E-state index in [4.69, 9.17) is 0 Å². The van der Waals surface area contributed by atoms with Crippen molar-refractivity contribution in [1.82, 2.24) is 5.43 Å². The maximum Gasteiger partial charge on any atom is 0.271 e. The average Bonchev–Trinajstić information content (AvgIpc) is 3.12. The van der Waals surface area contributed by atoms with Crippen molar-refractivity contribution in [2.45, 2.75) is 19.8 Å². The van der Waals surface area contributed by atoms with Crippen LogP contribution in [0.4, 0.5) is 11.4 Å². The van der Waals surface area contributed by atoms with Gasteiger partial charge in [0, 0.05) is 36.3 Å². The Bertz CT molecular complexity index is 922. The normalized spacial score (nSPS) is 14.3. The molecular formula is C19H18N4O4. The quantitative estimate of drug-likeness (QED) is 0.499. The van der Waals surface area contributed by atoms with Crippen molar-refractivity contribution in [2.75, 3.05) is 11.4 Å². The number of nitrogens with one attached hydrogen (secondary N) is 1. The van der Waals surface area contributed by atoms with Crippen LogP contribution in [0.25, 0.3) is 0 Å². The first kappa shape index (κ1) is 18.2. The minimum atomic E-state index is -0.526. The molecule has 0 saturated carbocycles. The number of nitro groups is 1. The van der Waals surface area contributed by atoms with Crippen LogP contribution in [0.3, 0.4) is 0 Å². The van der Waals surface area contributed by atoms with Crippen molar-refractivity contribution < 1.29 is 14.5 Å². The Hall–Kier alpha value is -3.55. The summed E-state index contributed by atoms with van der Waals surface area (Å²) < 4.78 is 0. The number of hydrazone groups is 1. The third kappa shape index (κ3) is 4.17. The van der Waals surface area contributed by atoms with Crippen molar-refractivity contribution >= 4 is 28.9 Å². The number of rotatable bonds is 5. The molecule has 8 nitrogen and oxygen atoms in total. The standard InChI is InChI=1S/C19H18N4O4/c1-13(15-4-2-5-17(12-15)22-11-3-6-18(22)24)20-21-19(25)14-7-9-16(10-8-14)23(26)27/h2,4-5,7-10,12H,3,6,11H2,1H3,(H,21,25)/b20-13-. The minimum Gasteiger partial charge on any atom is -0.312 e. The van der Waals surface area contributed by atoms with Crippen LogP contribution in [-0.4, -0.2) is 29.0 Å². The van der Waals surface area contributed by atoms with E-state index in [0.29, 0.717) is 18.7 Å². The molecule has 0 radical (unpaired) electrons. The van der Waals surface area contributed by atoms with E-state index in [2.05, 4.69) is 10.5 Å². The molecule has 1 aliphatic rings. The maximum atomic E-state index is 12.1. The van der Waals surface area contributed by atoms with Crippen LogP contribution in [-0.2, 0) is 4.79 Å². The second-order valence-electron chi connectivity index (χ2n) is 6.14. The zero-order valence-corrected chi connectivity index (χ0v) is 14.7. The lowest BCUT2D eigenvalue weighted by atomic mass is 10.1. The Balaban J connectivity index is 1.71. The lowest BCUT2D eigenvalue weighted by molar-refractivity contribution is -0.384. The van der Waals surface area contributed by atoms with E-state index in [1.807, 2.05) is 24.3 Å². The van der Waals surface area contributed by atoms with Gasteiger partial charge in [-0.1, -0.05) is 12.1 Å². The first-order chi connectivity index (χ1) is 13.0. The summed E-state index contributed by atoms with van der Waals surface area (Å²) in [6, 6.07) is 12.7. The molecule has 1 N–H and O–H groups in total. The Morgan fingerprint density at radius 2 is 1.93 bits per heavy atom. The highest BCUT2D eigenvalue weighted by Gasteiger charge is 2.21. The first-order valence-electron chi connectivity index (χ1n) is 8.45. The van der Waals surface area contributed by atoms with Crippen LogP contribution in [0.1, 0.15) is 35.7 Å². The van der Waals surface area contributed by atoms with E-state index in [1.54, 1.807) is 11.8 Å². The van der Waals surface area contributed by atoms with Crippen LogP contribution in [0.15, 0.2) is 53.6 Å². The number of hydrogen-bond donors (Lipinski definition) is 1. The molecule has 0 aliphatic carbocycles. The molecule has 0 atom stereocenters. The fourth-order valence-corrected chi connectivity index (χ4v) is 2.82. The second kappa shape index (κ2) is 7.77. The molecule has 1 aliphatic heterocycles. The highest BCUT2D eigenvalue weighted by atomic mass is 16.6. The monoisotopic (exact) mass is 366 g/mol. The fraction of sp³-hybridized carbons (Fsp3) is 0.211. The number of benzene rings is 2. The Morgan fingerprint density at radius 1 is 1.19 bits per heavy atom. The zero-order valence-electron chi connectivity index (χ0n) is 14.7. The Kier molecular flexibility index (Phi) is 5.25. The number of carbonyl (C=O) groups excluding carboxylic acids is 2. The number of nitrogens with zero attached hydrogens (tertiary/aromatic N) is 3. The summed E-state index contributed by atoms with van der Waals surface area (Å²) in [5, 5.41) is 14.8. The Labute approximate surface area is 155 Å². The van der Waals surface area contributed by atoms with E-state index in [1.165, 1.54) is 24.3 Å². The predicted octanol–water partition coefficient (Wildman–Crippen LogP) is 2.88. The molecule has 1 fully saturated rings. The molecule has 0 aromatic heterocycles. The van der Waals surface area contributed by atoms with Gasteiger partial charge in [-0.05, 0) is 43.2 Å². The van der Waals surface area contributed by atoms with Gasteiger partial charge in [-0.2, -0.15) is 5.10 Å². The molecule has 0 bridgehead atoms.